The summed E-state index contributed by atoms with van der Waals surface area (Å²) >= 11 is 1.32. The van der Waals surface area contributed by atoms with Crippen LogP contribution in [0.25, 0.3) is 0 Å². The molecule has 1 atom stereocenters. The van der Waals surface area contributed by atoms with E-state index >= 15 is 0 Å². The normalized spacial score (nSPS) is 20.5. The number of carboxylic acids is 1. The highest BCUT2D eigenvalue weighted by Gasteiger charge is 2.38. The molecule has 2 heterocycles. The van der Waals surface area contributed by atoms with E-state index in [1.54, 1.807) is 24.5 Å². The second-order valence-electron chi connectivity index (χ2n) is 4.16. The Morgan fingerprint density at radius 3 is 2.79 bits per heavy atom. The van der Waals surface area contributed by atoms with Gasteiger partial charge in [-0.2, -0.15) is 4.31 Å². The summed E-state index contributed by atoms with van der Waals surface area (Å²) in [6.07, 6.45) is 3.57. The molecule has 1 aromatic heterocycles. The van der Waals surface area contributed by atoms with Gasteiger partial charge in [0.15, 0.2) is 0 Å². The lowest BCUT2D eigenvalue weighted by molar-refractivity contribution is -0.140. The lowest BCUT2D eigenvalue weighted by Gasteiger charge is -2.19. The van der Waals surface area contributed by atoms with Gasteiger partial charge in [0.25, 0.3) is 0 Å². The fraction of sp³-hybridized carbons (Fsp3) is 0.455. The number of hydrogen-bond donors (Lipinski definition) is 1. The molecule has 104 valence electrons. The van der Waals surface area contributed by atoms with Gasteiger partial charge in [-0.1, -0.05) is 0 Å². The van der Waals surface area contributed by atoms with Crippen molar-refractivity contribution in [2.75, 3.05) is 17.4 Å². The zero-order valence-corrected chi connectivity index (χ0v) is 11.7. The second kappa shape index (κ2) is 5.89. The van der Waals surface area contributed by atoms with Crippen LogP contribution in [-0.2, 0) is 21.2 Å². The number of thioether (sulfide) groups is 1. The molecule has 1 N–H and O–H groups in total. The molecular weight excluding hydrogens is 288 g/mol. The Morgan fingerprint density at radius 1 is 1.47 bits per heavy atom. The van der Waals surface area contributed by atoms with Crippen molar-refractivity contribution in [1.82, 2.24) is 9.29 Å². The standard InChI is InChI=1S/C11H14N2O4S2/c14-11(15)10-7-18-8-13(10)19(16,17)6-3-9-1-4-12-5-2-9/h1-2,4-5,10H,3,6-8H2,(H,14,15). The molecule has 1 aliphatic heterocycles. The van der Waals surface area contributed by atoms with Crippen molar-refractivity contribution in [3.8, 4) is 0 Å². The molecule has 6 nitrogen and oxygen atoms in total. The van der Waals surface area contributed by atoms with E-state index in [-0.39, 0.29) is 11.6 Å². The van der Waals surface area contributed by atoms with Crippen molar-refractivity contribution >= 4 is 27.8 Å². The molecule has 0 saturated carbocycles. The molecule has 19 heavy (non-hydrogen) atoms. The van der Waals surface area contributed by atoms with Gasteiger partial charge >= 0.3 is 5.97 Å². The Hall–Kier alpha value is -1.12. The molecule has 0 aromatic carbocycles. The molecular formula is C11H14N2O4S2. The quantitative estimate of drug-likeness (QED) is 0.848. The predicted molar refractivity (Wildman–Crippen MR) is 72.3 cm³/mol. The molecule has 8 heteroatoms. The van der Waals surface area contributed by atoms with Crippen molar-refractivity contribution in [2.24, 2.45) is 0 Å². The Labute approximate surface area is 115 Å². The summed E-state index contributed by atoms with van der Waals surface area (Å²) in [5, 5.41) is 9.00. The maximum absolute atomic E-state index is 12.2. The first kappa shape index (κ1) is 14.3. The summed E-state index contributed by atoms with van der Waals surface area (Å²) in [5.41, 5.74) is 0.873. The lowest BCUT2D eigenvalue weighted by Crippen LogP contribution is -2.43. The summed E-state index contributed by atoms with van der Waals surface area (Å²) in [6, 6.07) is 2.57. The third-order valence-corrected chi connectivity index (χ3v) is 5.88. The first-order valence-electron chi connectivity index (χ1n) is 5.69. The van der Waals surface area contributed by atoms with Gasteiger partial charge in [0, 0.05) is 18.1 Å². The van der Waals surface area contributed by atoms with Crippen LogP contribution in [0.15, 0.2) is 24.5 Å². The van der Waals surface area contributed by atoms with Crippen LogP contribution in [0, 0.1) is 0 Å². The zero-order valence-electron chi connectivity index (χ0n) is 10.1. The van der Waals surface area contributed by atoms with E-state index in [2.05, 4.69) is 4.98 Å². The maximum atomic E-state index is 12.2. The van der Waals surface area contributed by atoms with E-state index in [9.17, 15) is 13.2 Å². The number of aryl methyl sites for hydroxylation is 1. The molecule has 1 aromatic rings. The Balaban J connectivity index is 2.04. The zero-order chi connectivity index (χ0) is 13.9. The van der Waals surface area contributed by atoms with Gasteiger partial charge in [0.05, 0.1) is 11.6 Å². The number of sulfonamides is 1. The summed E-state index contributed by atoms with van der Waals surface area (Å²) in [7, 11) is -3.54. The highest BCUT2D eigenvalue weighted by Crippen LogP contribution is 2.24. The van der Waals surface area contributed by atoms with Gasteiger partial charge in [-0.15, -0.1) is 11.8 Å². The second-order valence-corrected chi connectivity index (χ2v) is 7.20. The van der Waals surface area contributed by atoms with E-state index in [1.165, 1.54) is 11.8 Å². The maximum Gasteiger partial charge on any atom is 0.322 e. The summed E-state index contributed by atoms with van der Waals surface area (Å²) < 4.78 is 25.4. The van der Waals surface area contributed by atoms with E-state index in [0.717, 1.165) is 9.87 Å². The van der Waals surface area contributed by atoms with Crippen molar-refractivity contribution in [1.29, 1.82) is 0 Å². The fourth-order valence-electron chi connectivity index (χ4n) is 1.81. The molecule has 1 aliphatic rings. The number of hydrogen-bond acceptors (Lipinski definition) is 5. The first-order valence-corrected chi connectivity index (χ1v) is 8.46. The van der Waals surface area contributed by atoms with Crippen LogP contribution in [0.1, 0.15) is 5.56 Å². The van der Waals surface area contributed by atoms with Gasteiger partial charge in [-0.3, -0.25) is 9.78 Å². The number of aliphatic carboxylic acids is 1. The van der Waals surface area contributed by atoms with E-state index in [4.69, 9.17) is 5.11 Å². The number of rotatable bonds is 5. The van der Waals surface area contributed by atoms with Crippen LogP contribution in [-0.4, -0.2) is 52.2 Å². The lowest BCUT2D eigenvalue weighted by atomic mass is 10.2. The monoisotopic (exact) mass is 302 g/mol. The average molecular weight is 302 g/mol. The Kier molecular flexibility index (Phi) is 4.43. The highest BCUT2D eigenvalue weighted by atomic mass is 32.2. The van der Waals surface area contributed by atoms with E-state index < -0.39 is 22.0 Å². The third kappa shape index (κ3) is 3.46. The number of aromatic nitrogens is 1. The molecule has 0 radical (unpaired) electrons. The minimum Gasteiger partial charge on any atom is -0.480 e. The molecule has 1 saturated heterocycles. The molecule has 2 rings (SSSR count). The van der Waals surface area contributed by atoms with Crippen LogP contribution < -0.4 is 0 Å². The minimum absolute atomic E-state index is 0.0820. The van der Waals surface area contributed by atoms with Gasteiger partial charge in [0.2, 0.25) is 10.0 Å². The van der Waals surface area contributed by atoms with Gasteiger partial charge < -0.3 is 5.11 Å². The number of carbonyl (C=O) groups is 1. The fourth-order valence-corrected chi connectivity index (χ4v) is 5.06. The van der Waals surface area contributed by atoms with Crippen LogP contribution in [0.2, 0.25) is 0 Å². The molecule has 1 unspecified atom stereocenters. The predicted octanol–water partition coefficient (Wildman–Crippen LogP) is 0.413. The molecule has 0 spiro atoms. The minimum atomic E-state index is -3.54. The van der Waals surface area contributed by atoms with Crippen molar-refractivity contribution in [3.63, 3.8) is 0 Å². The van der Waals surface area contributed by atoms with E-state index in [1.807, 2.05) is 0 Å². The summed E-state index contributed by atoms with van der Waals surface area (Å²) in [5.74, 6) is -0.640. The molecule has 1 fully saturated rings. The van der Waals surface area contributed by atoms with Gasteiger partial charge in [-0.05, 0) is 24.1 Å². The van der Waals surface area contributed by atoms with Crippen molar-refractivity contribution in [2.45, 2.75) is 12.5 Å². The van der Waals surface area contributed by atoms with Crippen molar-refractivity contribution in [3.05, 3.63) is 30.1 Å². The summed E-state index contributed by atoms with van der Waals surface area (Å²) in [4.78, 5) is 14.9. The average Bonchev–Trinajstić information content (AvgIpc) is 2.88. The SMILES string of the molecule is O=C(O)C1CSCN1S(=O)(=O)CCc1ccncc1. The van der Waals surface area contributed by atoms with Gasteiger partial charge in [-0.25, -0.2) is 8.42 Å². The molecule has 0 amide bonds. The van der Waals surface area contributed by atoms with Crippen LogP contribution in [0.4, 0.5) is 0 Å². The summed E-state index contributed by atoms with van der Waals surface area (Å²) in [6.45, 7) is 0. The number of carboxylic acid groups (broad SMARTS) is 1. The van der Waals surface area contributed by atoms with E-state index in [0.29, 0.717) is 12.2 Å². The molecule has 0 bridgehead atoms. The van der Waals surface area contributed by atoms with Crippen LogP contribution in [0.3, 0.4) is 0 Å². The smallest absolute Gasteiger partial charge is 0.322 e. The van der Waals surface area contributed by atoms with Crippen molar-refractivity contribution < 1.29 is 18.3 Å². The largest absolute Gasteiger partial charge is 0.480 e. The third-order valence-electron chi connectivity index (χ3n) is 2.88. The topological polar surface area (TPSA) is 87.6 Å². The van der Waals surface area contributed by atoms with Gasteiger partial charge in [0.1, 0.15) is 6.04 Å². The van der Waals surface area contributed by atoms with Crippen LogP contribution in [0.5, 0.6) is 0 Å². The Morgan fingerprint density at radius 2 is 2.16 bits per heavy atom. The molecule has 0 aliphatic carbocycles. The Bertz CT molecular complexity index is 547. The first-order chi connectivity index (χ1) is 9.00. The number of nitrogens with zero attached hydrogens (tertiary/aromatic N) is 2. The number of pyridine rings is 1. The highest BCUT2D eigenvalue weighted by molar-refractivity contribution is 8.00. The van der Waals surface area contributed by atoms with Crippen LogP contribution >= 0.6 is 11.8 Å².